The molecule has 1 aliphatic carbocycles. The van der Waals surface area contributed by atoms with Crippen LogP contribution < -0.4 is 0 Å². The molecule has 22 heavy (non-hydrogen) atoms. The van der Waals surface area contributed by atoms with Crippen molar-refractivity contribution < 1.29 is 23.1 Å². The van der Waals surface area contributed by atoms with E-state index in [-0.39, 0.29) is 18.5 Å². The number of carbonyl (C=O) groups is 2. The summed E-state index contributed by atoms with van der Waals surface area (Å²) in [5.74, 6) is -0.652. The van der Waals surface area contributed by atoms with Crippen LogP contribution in [0.2, 0.25) is 0 Å². The van der Waals surface area contributed by atoms with Crippen LogP contribution in [0.3, 0.4) is 0 Å². The zero-order valence-corrected chi connectivity index (χ0v) is 13.3. The quantitative estimate of drug-likeness (QED) is 0.800. The van der Waals surface area contributed by atoms with Crippen LogP contribution in [0.5, 0.6) is 0 Å². The molecule has 1 atom stereocenters. The number of alkyl halides is 2. The van der Waals surface area contributed by atoms with Gasteiger partial charge in [0.1, 0.15) is 5.60 Å². The number of carbonyl (C=O) groups excluding carboxylic acids is 2. The third-order valence-electron chi connectivity index (χ3n) is 3.79. The van der Waals surface area contributed by atoms with Crippen LogP contribution in [0.4, 0.5) is 13.6 Å². The fraction of sp³-hybridized carbons (Fsp3) is 0.867. The molecule has 2 amide bonds. The second kappa shape index (κ2) is 6.38. The van der Waals surface area contributed by atoms with Crippen LogP contribution >= 0.6 is 0 Å². The molecular weight excluding hydrogens is 294 g/mol. The summed E-state index contributed by atoms with van der Waals surface area (Å²) in [5, 5.41) is 0. The van der Waals surface area contributed by atoms with Gasteiger partial charge in [-0.3, -0.25) is 4.79 Å². The van der Waals surface area contributed by atoms with Gasteiger partial charge in [-0.1, -0.05) is 0 Å². The molecule has 1 saturated heterocycles. The molecule has 126 valence electrons. The topological polar surface area (TPSA) is 49.9 Å². The summed E-state index contributed by atoms with van der Waals surface area (Å²) in [6.45, 7) is 5.51. The third kappa shape index (κ3) is 4.55. The largest absolute Gasteiger partial charge is 0.444 e. The molecule has 0 N–H and O–H groups in total. The Bertz CT molecular complexity index is 433. The standard InChI is InChI=1S/C15H24F2N2O3/c1-15(2,3)22-14(21)18-7-6-10(8-18)13(20)19(9-12(16)17)11-4-5-11/h10-12H,4-9H2,1-3H3/t10-/m0/s1. The van der Waals surface area contributed by atoms with E-state index in [0.29, 0.717) is 13.0 Å². The number of ether oxygens (including phenoxy) is 1. The number of hydrogen-bond acceptors (Lipinski definition) is 3. The molecule has 0 aromatic carbocycles. The number of rotatable bonds is 4. The maximum absolute atomic E-state index is 12.6. The van der Waals surface area contributed by atoms with Crippen LogP contribution in [0.1, 0.15) is 40.0 Å². The fourth-order valence-corrected chi connectivity index (χ4v) is 2.64. The van der Waals surface area contributed by atoms with E-state index in [2.05, 4.69) is 0 Å². The number of halogens is 2. The van der Waals surface area contributed by atoms with Crippen LogP contribution in [0.15, 0.2) is 0 Å². The Kier molecular flexibility index (Phi) is 4.92. The van der Waals surface area contributed by atoms with Crippen LogP contribution in [-0.2, 0) is 9.53 Å². The van der Waals surface area contributed by atoms with Gasteiger partial charge in [0, 0.05) is 19.1 Å². The number of amides is 2. The lowest BCUT2D eigenvalue weighted by Crippen LogP contribution is -2.42. The zero-order chi connectivity index (χ0) is 16.5. The van der Waals surface area contributed by atoms with Gasteiger partial charge in [0.15, 0.2) is 0 Å². The summed E-state index contributed by atoms with van der Waals surface area (Å²) in [6, 6.07) is -0.0444. The Morgan fingerprint density at radius 2 is 1.91 bits per heavy atom. The van der Waals surface area contributed by atoms with Gasteiger partial charge in [-0.25, -0.2) is 13.6 Å². The summed E-state index contributed by atoms with van der Waals surface area (Å²) in [6.07, 6.45) is -0.880. The van der Waals surface area contributed by atoms with Gasteiger partial charge in [-0.2, -0.15) is 0 Å². The molecule has 0 radical (unpaired) electrons. The summed E-state index contributed by atoms with van der Waals surface area (Å²) in [7, 11) is 0. The van der Waals surface area contributed by atoms with E-state index in [0.717, 1.165) is 12.8 Å². The molecule has 2 rings (SSSR count). The van der Waals surface area contributed by atoms with Gasteiger partial charge in [0.05, 0.1) is 12.5 Å². The summed E-state index contributed by atoms with van der Waals surface area (Å²) in [4.78, 5) is 27.2. The Morgan fingerprint density at radius 1 is 1.27 bits per heavy atom. The minimum atomic E-state index is -2.52. The smallest absolute Gasteiger partial charge is 0.410 e. The van der Waals surface area contributed by atoms with Gasteiger partial charge < -0.3 is 14.5 Å². The average Bonchev–Trinajstić information content (AvgIpc) is 3.09. The first-order valence-corrected chi connectivity index (χ1v) is 7.74. The van der Waals surface area contributed by atoms with Gasteiger partial charge >= 0.3 is 6.09 Å². The summed E-state index contributed by atoms with van der Waals surface area (Å²) < 4.78 is 30.5. The highest BCUT2D eigenvalue weighted by atomic mass is 19.3. The van der Waals surface area contributed by atoms with E-state index in [1.54, 1.807) is 20.8 Å². The lowest BCUT2D eigenvalue weighted by atomic mass is 10.1. The molecule has 1 heterocycles. The lowest BCUT2D eigenvalue weighted by Gasteiger charge is -2.26. The van der Waals surface area contributed by atoms with Crippen LogP contribution in [0.25, 0.3) is 0 Å². The van der Waals surface area contributed by atoms with E-state index in [1.165, 1.54) is 9.80 Å². The summed E-state index contributed by atoms with van der Waals surface area (Å²) >= 11 is 0. The second-order valence-electron chi connectivity index (χ2n) is 7.02. The predicted octanol–water partition coefficient (Wildman–Crippen LogP) is 2.50. The number of likely N-dealkylation sites (tertiary alicyclic amines) is 1. The van der Waals surface area contributed by atoms with Gasteiger partial charge in [0.2, 0.25) is 5.91 Å². The van der Waals surface area contributed by atoms with Crippen molar-refractivity contribution in [2.75, 3.05) is 19.6 Å². The highest BCUT2D eigenvalue weighted by Crippen LogP contribution is 2.31. The molecule has 2 fully saturated rings. The Labute approximate surface area is 129 Å². The fourth-order valence-electron chi connectivity index (χ4n) is 2.64. The SMILES string of the molecule is CC(C)(C)OC(=O)N1CC[C@H](C(=O)N(CC(F)F)C2CC2)C1. The minimum Gasteiger partial charge on any atom is -0.444 e. The molecule has 1 aliphatic heterocycles. The normalized spacial score (nSPS) is 22.1. The molecule has 2 aliphatic rings. The monoisotopic (exact) mass is 318 g/mol. The Balaban J connectivity index is 1.91. The zero-order valence-electron chi connectivity index (χ0n) is 13.3. The van der Waals surface area contributed by atoms with Crippen molar-refractivity contribution in [3.05, 3.63) is 0 Å². The van der Waals surface area contributed by atoms with Crippen molar-refractivity contribution in [3.63, 3.8) is 0 Å². The lowest BCUT2D eigenvalue weighted by molar-refractivity contribution is -0.137. The maximum atomic E-state index is 12.6. The number of hydrogen-bond donors (Lipinski definition) is 0. The first-order chi connectivity index (χ1) is 10.2. The average molecular weight is 318 g/mol. The highest BCUT2D eigenvalue weighted by Gasteiger charge is 2.40. The van der Waals surface area contributed by atoms with E-state index in [4.69, 9.17) is 4.74 Å². The van der Waals surface area contributed by atoms with Gasteiger partial charge in [-0.15, -0.1) is 0 Å². The van der Waals surface area contributed by atoms with E-state index in [9.17, 15) is 18.4 Å². The third-order valence-corrected chi connectivity index (χ3v) is 3.79. The Hall–Kier alpha value is -1.40. The van der Waals surface area contributed by atoms with Crippen LogP contribution in [0, 0.1) is 5.92 Å². The summed E-state index contributed by atoms with van der Waals surface area (Å²) in [5.41, 5.74) is -0.588. The van der Waals surface area contributed by atoms with Crippen molar-refractivity contribution in [1.29, 1.82) is 0 Å². The Morgan fingerprint density at radius 3 is 2.41 bits per heavy atom. The molecule has 5 nitrogen and oxygen atoms in total. The molecule has 0 aromatic heterocycles. The van der Waals surface area contributed by atoms with Crippen molar-refractivity contribution in [1.82, 2.24) is 9.80 Å². The van der Waals surface area contributed by atoms with Gasteiger partial charge in [-0.05, 0) is 40.0 Å². The van der Waals surface area contributed by atoms with Crippen molar-refractivity contribution in [3.8, 4) is 0 Å². The van der Waals surface area contributed by atoms with E-state index < -0.39 is 30.6 Å². The number of nitrogens with zero attached hydrogens (tertiary/aromatic N) is 2. The van der Waals surface area contributed by atoms with Crippen molar-refractivity contribution >= 4 is 12.0 Å². The highest BCUT2D eigenvalue weighted by molar-refractivity contribution is 5.81. The first kappa shape index (κ1) is 17.0. The molecular formula is C15H24F2N2O3. The minimum absolute atomic E-state index is 0.0444. The molecule has 0 spiro atoms. The molecule has 0 bridgehead atoms. The van der Waals surface area contributed by atoms with Crippen LogP contribution in [-0.4, -0.2) is 59.5 Å². The molecule has 1 saturated carbocycles. The van der Waals surface area contributed by atoms with E-state index in [1.807, 2.05) is 0 Å². The molecule has 7 heteroatoms. The molecule has 0 aromatic rings. The molecule has 0 unspecified atom stereocenters. The predicted molar refractivity (Wildman–Crippen MR) is 76.7 cm³/mol. The van der Waals surface area contributed by atoms with E-state index >= 15 is 0 Å². The van der Waals surface area contributed by atoms with Crippen molar-refractivity contribution in [2.24, 2.45) is 5.92 Å². The van der Waals surface area contributed by atoms with Gasteiger partial charge in [0.25, 0.3) is 6.43 Å². The first-order valence-electron chi connectivity index (χ1n) is 7.74. The maximum Gasteiger partial charge on any atom is 0.410 e. The second-order valence-corrected chi connectivity index (χ2v) is 7.02. The van der Waals surface area contributed by atoms with Crippen molar-refractivity contribution in [2.45, 2.75) is 58.1 Å².